The zero-order valence-corrected chi connectivity index (χ0v) is 6.51. The van der Waals surface area contributed by atoms with Crippen molar-refractivity contribution < 1.29 is 0 Å². The van der Waals surface area contributed by atoms with Gasteiger partial charge in [-0.15, -0.1) is 12.6 Å². The van der Waals surface area contributed by atoms with E-state index in [4.69, 9.17) is 0 Å². The molecular formula is C7H10N2S. The number of allylic oxidation sites excluding steroid dienone is 2. The number of thiol groups is 1. The van der Waals surface area contributed by atoms with Gasteiger partial charge in [-0.05, 0) is 19.0 Å². The Labute approximate surface area is 66.1 Å². The maximum Gasteiger partial charge on any atom is 0.161 e. The minimum Gasteiger partial charge on any atom is -0.342 e. The molecule has 0 aliphatic carbocycles. The number of nitrogens with zero attached hydrogens (tertiary/aromatic N) is 1. The van der Waals surface area contributed by atoms with Crippen LogP contribution in [0.15, 0.2) is 29.5 Å². The highest BCUT2D eigenvalue weighted by Crippen LogP contribution is 1.95. The highest BCUT2D eigenvalue weighted by Gasteiger charge is 1.85. The first-order valence-corrected chi connectivity index (χ1v) is 3.67. The van der Waals surface area contributed by atoms with Crippen LogP contribution in [0.25, 0.3) is 0 Å². The van der Waals surface area contributed by atoms with Crippen molar-refractivity contribution in [3.05, 3.63) is 24.6 Å². The maximum atomic E-state index is 4.06. The number of hydrogen-bond acceptors (Lipinski definition) is 2. The van der Waals surface area contributed by atoms with E-state index in [2.05, 4.69) is 29.0 Å². The third-order valence-electron chi connectivity index (χ3n) is 1.13. The van der Waals surface area contributed by atoms with E-state index in [0.29, 0.717) is 5.17 Å². The standard InChI is InChI=1S/C7H10N2S/c10-7-8-5-3-1-2-4-6-9-7/h3-6H,1-2H2,(H2,8,9,10)/b5-3+,6-4+. The van der Waals surface area contributed by atoms with Crippen LogP contribution in [0.5, 0.6) is 0 Å². The van der Waals surface area contributed by atoms with Crippen LogP contribution < -0.4 is 5.32 Å². The van der Waals surface area contributed by atoms with Crippen LogP contribution in [-0.4, -0.2) is 5.17 Å². The van der Waals surface area contributed by atoms with Crippen LogP contribution in [0.1, 0.15) is 12.8 Å². The van der Waals surface area contributed by atoms with Crippen LogP contribution in [0.4, 0.5) is 0 Å². The Morgan fingerprint density at radius 1 is 1.40 bits per heavy atom. The molecule has 3 heteroatoms. The van der Waals surface area contributed by atoms with Crippen molar-refractivity contribution >= 4 is 17.8 Å². The molecule has 0 atom stereocenters. The predicted octanol–water partition coefficient (Wildman–Crippen LogP) is 1.68. The minimum atomic E-state index is 0.634. The van der Waals surface area contributed by atoms with Gasteiger partial charge in [0, 0.05) is 6.20 Å². The summed E-state index contributed by atoms with van der Waals surface area (Å²) in [7, 11) is 0. The third kappa shape index (κ3) is 2.73. The first-order chi connectivity index (χ1) is 4.89. The van der Waals surface area contributed by atoms with E-state index in [1.807, 2.05) is 12.3 Å². The van der Waals surface area contributed by atoms with Crippen molar-refractivity contribution in [1.82, 2.24) is 5.32 Å². The van der Waals surface area contributed by atoms with Crippen LogP contribution in [0, 0.1) is 0 Å². The summed E-state index contributed by atoms with van der Waals surface area (Å²) in [6.45, 7) is 0. The van der Waals surface area contributed by atoms with E-state index in [1.54, 1.807) is 6.20 Å². The lowest BCUT2D eigenvalue weighted by Gasteiger charge is -1.92. The average molecular weight is 154 g/mol. The van der Waals surface area contributed by atoms with Gasteiger partial charge in [0.15, 0.2) is 5.17 Å². The molecule has 1 N–H and O–H groups in total. The molecule has 0 radical (unpaired) electrons. The summed E-state index contributed by atoms with van der Waals surface area (Å²) >= 11 is 4.06. The summed E-state index contributed by atoms with van der Waals surface area (Å²) in [5.74, 6) is 0. The molecule has 1 rings (SSSR count). The molecule has 0 saturated carbocycles. The lowest BCUT2D eigenvalue weighted by Crippen LogP contribution is -2.08. The normalized spacial score (nSPS) is 29.9. The second-order valence-electron chi connectivity index (χ2n) is 1.96. The van der Waals surface area contributed by atoms with Gasteiger partial charge < -0.3 is 5.32 Å². The number of rotatable bonds is 0. The molecule has 2 nitrogen and oxygen atoms in total. The summed E-state index contributed by atoms with van der Waals surface area (Å²) in [6, 6.07) is 0. The topological polar surface area (TPSA) is 24.4 Å². The van der Waals surface area contributed by atoms with Crippen LogP contribution in [0.3, 0.4) is 0 Å². The Hall–Kier alpha value is -0.700. The molecule has 0 saturated heterocycles. The number of aliphatic imine (C=N–C) groups is 1. The Balaban J connectivity index is 2.57. The zero-order chi connectivity index (χ0) is 7.23. The van der Waals surface area contributed by atoms with Crippen molar-refractivity contribution in [3.8, 4) is 0 Å². The third-order valence-corrected chi connectivity index (χ3v) is 1.38. The van der Waals surface area contributed by atoms with Gasteiger partial charge >= 0.3 is 0 Å². The van der Waals surface area contributed by atoms with Gasteiger partial charge in [0.25, 0.3) is 0 Å². The fourth-order valence-corrected chi connectivity index (χ4v) is 0.786. The van der Waals surface area contributed by atoms with Gasteiger partial charge in [0.1, 0.15) is 0 Å². The number of nitrogens with one attached hydrogen (secondary N) is 1. The minimum absolute atomic E-state index is 0.634. The molecule has 54 valence electrons. The van der Waals surface area contributed by atoms with E-state index in [-0.39, 0.29) is 0 Å². The highest BCUT2D eigenvalue weighted by molar-refractivity contribution is 7.96. The van der Waals surface area contributed by atoms with Crippen molar-refractivity contribution in [1.29, 1.82) is 0 Å². The molecule has 0 aromatic heterocycles. The zero-order valence-electron chi connectivity index (χ0n) is 5.62. The Morgan fingerprint density at radius 2 is 2.20 bits per heavy atom. The fourth-order valence-electron chi connectivity index (χ4n) is 0.644. The lowest BCUT2D eigenvalue weighted by atomic mass is 10.3. The molecule has 10 heavy (non-hydrogen) atoms. The van der Waals surface area contributed by atoms with E-state index in [9.17, 15) is 0 Å². The molecule has 0 fully saturated rings. The van der Waals surface area contributed by atoms with Crippen molar-refractivity contribution in [2.45, 2.75) is 12.8 Å². The smallest absolute Gasteiger partial charge is 0.161 e. The van der Waals surface area contributed by atoms with Gasteiger partial charge in [-0.2, -0.15) is 0 Å². The maximum absolute atomic E-state index is 4.06. The average Bonchev–Trinajstić information content (AvgIpc) is 2.02. The van der Waals surface area contributed by atoms with E-state index in [1.165, 1.54) is 0 Å². The van der Waals surface area contributed by atoms with Crippen LogP contribution >= 0.6 is 12.6 Å². The van der Waals surface area contributed by atoms with Crippen LogP contribution in [-0.2, 0) is 0 Å². The Bertz CT molecular complexity index is 182. The van der Waals surface area contributed by atoms with Gasteiger partial charge in [-0.1, -0.05) is 12.2 Å². The van der Waals surface area contributed by atoms with Gasteiger partial charge in [-0.25, -0.2) is 4.99 Å². The summed E-state index contributed by atoms with van der Waals surface area (Å²) in [6.07, 6.45) is 9.80. The van der Waals surface area contributed by atoms with Gasteiger partial charge in [0.05, 0.1) is 0 Å². The van der Waals surface area contributed by atoms with Gasteiger partial charge in [0.2, 0.25) is 0 Å². The predicted molar refractivity (Wildman–Crippen MR) is 47.1 cm³/mol. The van der Waals surface area contributed by atoms with E-state index >= 15 is 0 Å². The Kier molecular flexibility index (Phi) is 3.09. The van der Waals surface area contributed by atoms with Crippen LogP contribution in [0.2, 0.25) is 0 Å². The molecular weight excluding hydrogens is 144 g/mol. The largest absolute Gasteiger partial charge is 0.342 e. The molecule has 0 aromatic carbocycles. The second-order valence-corrected chi connectivity index (χ2v) is 2.39. The molecule has 0 bridgehead atoms. The summed E-state index contributed by atoms with van der Waals surface area (Å²) in [4.78, 5) is 3.98. The quantitative estimate of drug-likeness (QED) is 0.510. The molecule has 0 aromatic rings. The Morgan fingerprint density at radius 3 is 3.10 bits per heavy atom. The first-order valence-electron chi connectivity index (χ1n) is 3.23. The lowest BCUT2D eigenvalue weighted by molar-refractivity contribution is 1.04. The van der Waals surface area contributed by atoms with Crippen molar-refractivity contribution in [2.24, 2.45) is 4.99 Å². The molecule has 1 aliphatic heterocycles. The summed E-state index contributed by atoms with van der Waals surface area (Å²) in [5, 5.41) is 3.54. The highest BCUT2D eigenvalue weighted by atomic mass is 32.1. The SMILES string of the molecule is S/C1=N/C=C/CC/C=C/N1. The molecule has 1 aliphatic rings. The number of amidine groups is 1. The summed E-state index contributed by atoms with van der Waals surface area (Å²) < 4.78 is 0. The molecule has 0 spiro atoms. The van der Waals surface area contributed by atoms with Crippen molar-refractivity contribution in [3.63, 3.8) is 0 Å². The van der Waals surface area contributed by atoms with Gasteiger partial charge in [-0.3, -0.25) is 0 Å². The second kappa shape index (κ2) is 4.17. The summed E-state index contributed by atoms with van der Waals surface area (Å²) in [5.41, 5.74) is 0. The molecule has 0 unspecified atom stereocenters. The van der Waals surface area contributed by atoms with E-state index < -0.39 is 0 Å². The molecule has 0 amide bonds. The fraction of sp³-hybridized carbons (Fsp3) is 0.286. The molecule has 1 heterocycles. The van der Waals surface area contributed by atoms with Crippen molar-refractivity contribution in [2.75, 3.05) is 0 Å². The first kappa shape index (κ1) is 7.41. The monoisotopic (exact) mass is 154 g/mol. The number of hydrogen-bond donors (Lipinski definition) is 2. The van der Waals surface area contributed by atoms with E-state index in [0.717, 1.165) is 12.8 Å².